The first kappa shape index (κ1) is 15.1. The van der Waals surface area contributed by atoms with Gasteiger partial charge in [-0.05, 0) is 48.6 Å². The Morgan fingerprint density at radius 2 is 1.55 bits per heavy atom. The minimum Gasteiger partial charge on any atom is -0.368 e. The van der Waals surface area contributed by atoms with Crippen molar-refractivity contribution in [2.24, 2.45) is 0 Å². The fourth-order valence-electron chi connectivity index (χ4n) is 2.54. The third-order valence-corrected chi connectivity index (χ3v) is 4.40. The fraction of sp³-hybridized carbons (Fsp3) is 0.235. The van der Waals surface area contributed by atoms with Crippen LogP contribution in [-0.4, -0.2) is 36.2 Å². The standard InChI is InChI=1S/C17H18ClN3S/c18-14-6-8-15(9-7-14)19-17(22)21-12-10-20(11-13-21)16-4-2-1-3-5-16/h1-9H,10-13H2,(H,19,22). The molecule has 5 heteroatoms. The van der Waals surface area contributed by atoms with E-state index in [4.69, 9.17) is 23.8 Å². The van der Waals surface area contributed by atoms with E-state index in [9.17, 15) is 0 Å². The molecule has 22 heavy (non-hydrogen) atoms. The van der Waals surface area contributed by atoms with E-state index >= 15 is 0 Å². The quantitative estimate of drug-likeness (QED) is 0.842. The first-order valence-corrected chi connectivity index (χ1v) is 8.12. The zero-order valence-electron chi connectivity index (χ0n) is 12.2. The van der Waals surface area contributed by atoms with Crippen molar-refractivity contribution in [1.29, 1.82) is 0 Å². The van der Waals surface area contributed by atoms with Gasteiger partial charge >= 0.3 is 0 Å². The van der Waals surface area contributed by atoms with E-state index in [0.717, 1.165) is 42.0 Å². The van der Waals surface area contributed by atoms with E-state index in [2.05, 4.69) is 39.4 Å². The van der Waals surface area contributed by atoms with Crippen LogP contribution in [0, 0.1) is 0 Å². The van der Waals surface area contributed by atoms with E-state index in [1.165, 1.54) is 5.69 Å². The van der Waals surface area contributed by atoms with Gasteiger partial charge in [0.1, 0.15) is 0 Å². The Kier molecular flexibility index (Phi) is 4.80. The van der Waals surface area contributed by atoms with E-state index in [-0.39, 0.29) is 0 Å². The lowest BCUT2D eigenvalue weighted by atomic mass is 10.2. The van der Waals surface area contributed by atoms with Crippen LogP contribution in [0.15, 0.2) is 54.6 Å². The number of nitrogens with zero attached hydrogens (tertiary/aromatic N) is 2. The summed E-state index contributed by atoms with van der Waals surface area (Å²) >= 11 is 11.4. The van der Waals surface area contributed by atoms with Crippen molar-refractivity contribution in [1.82, 2.24) is 4.90 Å². The Hall–Kier alpha value is -1.78. The molecule has 1 N–H and O–H groups in total. The number of benzene rings is 2. The summed E-state index contributed by atoms with van der Waals surface area (Å²) in [6.45, 7) is 3.81. The number of anilines is 2. The zero-order chi connectivity index (χ0) is 15.4. The van der Waals surface area contributed by atoms with Gasteiger partial charge in [0.25, 0.3) is 0 Å². The van der Waals surface area contributed by atoms with Crippen LogP contribution in [0.4, 0.5) is 11.4 Å². The molecule has 1 fully saturated rings. The molecule has 0 saturated carbocycles. The zero-order valence-corrected chi connectivity index (χ0v) is 13.8. The monoisotopic (exact) mass is 331 g/mol. The summed E-state index contributed by atoms with van der Waals surface area (Å²) in [6, 6.07) is 18.1. The highest BCUT2D eigenvalue weighted by Crippen LogP contribution is 2.17. The Morgan fingerprint density at radius 1 is 0.909 bits per heavy atom. The lowest BCUT2D eigenvalue weighted by Crippen LogP contribution is -2.50. The normalized spacial score (nSPS) is 14.8. The van der Waals surface area contributed by atoms with Crippen molar-refractivity contribution < 1.29 is 0 Å². The van der Waals surface area contributed by atoms with Gasteiger partial charge in [-0.1, -0.05) is 29.8 Å². The van der Waals surface area contributed by atoms with Gasteiger partial charge in [-0.3, -0.25) is 0 Å². The average Bonchev–Trinajstić information content (AvgIpc) is 2.58. The molecule has 3 nitrogen and oxygen atoms in total. The number of halogens is 1. The number of nitrogens with one attached hydrogen (secondary N) is 1. The third kappa shape index (κ3) is 3.70. The van der Waals surface area contributed by atoms with Crippen molar-refractivity contribution in [2.75, 3.05) is 36.4 Å². The van der Waals surface area contributed by atoms with Gasteiger partial charge in [0.05, 0.1) is 0 Å². The molecule has 0 bridgehead atoms. The van der Waals surface area contributed by atoms with Crippen LogP contribution >= 0.6 is 23.8 Å². The smallest absolute Gasteiger partial charge is 0.173 e. The average molecular weight is 332 g/mol. The topological polar surface area (TPSA) is 18.5 Å². The molecule has 1 saturated heterocycles. The summed E-state index contributed by atoms with van der Waals surface area (Å²) in [5.41, 5.74) is 2.25. The van der Waals surface area contributed by atoms with Crippen LogP contribution in [0.2, 0.25) is 5.02 Å². The lowest BCUT2D eigenvalue weighted by molar-refractivity contribution is 0.391. The van der Waals surface area contributed by atoms with Gasteiger partial charge in [-0.25, -0.2) is 0 Å². The summed E-state index contributed by atoms with van der Waals surface area (Å²) in [4.78, 5) is 4.60. The second-order valence-electron chi connectivity index (χ2n) is 5.25. The predicted molar refractivity (Wildman–Crippen MR) is 97.9 cm³/mol. The van der Waals surface area contributed by atoms with Crippen LogP contribution in [0.3, 0.4) is 0 Å². The molecular weight excluding hydrogens is 314 g/mol. The van der Waals surface area contributed by atoms with Crippen molar-refractivity contribution in [3.05, 3.63) is 59.6 Å². The fourth-order valence-corrected chi connectivity index (χ4v) is 2.97. The number of para-hydroxylation sites is 1. The van der Waals surface area contributed by atoms with Crippen LogP contribution < -0.4 is 10.2 Å². The van der Waals surface area contributed by atoms with Crippen LogP contribution in [-0.2, 0) is 0 Å². The van der Waals surface area contributed by atoms with Gasteiger partial charge in [0.15, 0.2) is 5.11 Å². The Bertz CT molecular complexity index is 622. The maximum atomic E-state index is 5.89. The minimum absolute atomic E-state index is 0.730. The van der Waals surface area contributed by atoms with Crippen molar-refractivity contribution in [3.63, 3.8) is 0 Å². The molecular formula is C17H18ClN3S. The molecule has 0 radical (unpaired) electrons. The molecule has 0 amide bonds. The molecule has 2 aromatic rings. The van der Waals surface area contributed by atoms with Crippen LogP contribution in [0.5, 0.6) is 0 Å². The summed E-state index contributed by atoms with van der Waals surface area (Å²) in [6.07, 6.45) is 0. The second-order valence-corrected chi connectivity index (χ2v) is 6.07. The molecule has 0 aliphatic carbocycles. The number of rotatable bonds is 2. The van der Waals surface area contributed by atoms with E-state index in [1.807, 2.05) is 30.3 Å². The number of hydrogen-bond donors (Lipinski definition) is 1. The van der Waals surface area contributed by atoms with Crippen molar-refractivity contribution >= 4 is 40.3 Å². The molecule has 0 spiro atoms. The maximum absolute atomic E-state index is 5.89. The van der Waals surface area contributed by atoms with E-state index < -0.39 is 0 Å². The Balaban J connectivity index is 1.54. The molecule has 1 heterocycles. The minimum atomic E-state index is 0.730. The number of hydrogen-bond acceptors (Lipinski definition) is 2. The molecule has 0 aromatic heterocycles. The highest BCUT2D eigenvalue weighted by atomic mass is 35.5. The summed E-state index contributed by atoms with van der Waals surface area (Å²) in [7, 11) is 0. The summed E-state index contributed by atoms with van der Waals surface area (Å²) < 4.78 is 0. The Labute approximate surface area is 141 Å². The molecule has 0 unspecified atom stereocenters. The van der Waals surface area contributed by atoms with E-state index in [1.54, 1.807) is 0 Å². The van der Waals surface area contributed by atoms with Crippen LogP contribution in [0.1, 0.15) is 0 Å². The Morgan fingerprint density at radius 3 is 2.18 bits per heavy atom. The largest absolute Gasteiger partial charge is 0.368 e. The lowest BCUT2D eigenvalue weighted by Gasteiger charge is -2.37. The van der Waals surface area contributed by atoms with Gasteiger partial charge in [-0.2, -0.15) is 0 Å². The second kappa shape index (κ2) is 6.99. The summed E-state index contributed by atoms with van der Waals surface area (Å²) in [5.74, 6) is 0. The highest BCUT2D eigenvalue weighted by molar-refractivity contribution is 7.80. The van der Waals surface area contributed by atoms with Crippen molar-refractivity contribution in [2.45, 2.75) is 0 Å². The highest BCUT2D eigenvalue weighted by Gasteiger charge is 2.19. The molecule has 2 aromatic carbocycles. The maximum Gasteiger partial charge on any atom is 0.173 e. The molecule has 114 valence electrons. The molecule has 1 aliphatic rings. The molecule has 0 atom stereocenters. The van der Waals surface area contributed by atoms with Crippen molar-refractivity contribution in [3.8, 4) is 0 Å². The number of piperazine rings is 1. The first-order chi connectivity index (χ1) is 10.7. The van der Waals surface area contributed by atoms with Gasteiger partial charge in [0.2, 0.25) is 0 Å². The SMILES string of the molecule is S=C(Nc1ccc(Cl)cc1)N1CCN(c2ccccc2)CC1. The van der Waals surface area contributed by atoms with E-state index in [0.29, 0.717) is 0 Å². The van der Waals surface area contributed by atoms with Gasteiger partial charge < -0.3 is 15.1 Å². The first-order valence-electron chi connectivity index (χ1n) is 7.34. The van der Waals surface area contributed by atoms with Gasteiger partial charge in [0, 0.05) is 42.6 Å². The molecule has 1 aliphatic heterocycles. The number of thiocarbonyl (C=S) groups is 1. The summed E-state index contributed by atoms with van der Waals surface area (Å²) in [5, 5.41) is 4.78. The van der Waals surface area contributed by atoms with Crippen LogP contribution in [0.25, 0.3) is 0 Å². The van der Waals surface area contributed by atoms with Gasteiger partial charge in [-0.15, -0.1) is 0 Å². The molecule has 3 rings (SSSR count). The third-order valence-electron chi connectivity index (χ3n) is 3.78. The predicted octanol–water partition coefficient (Wildman–Crippen LogP) is 3.86.